The first-order chi connectivity index (χ1) is 18.1. The Kier molecular flexibility index (Phi) is 9.58. The quantitative estimate of drug-likeness (QED) is 0.345. The van der Waals surface area contributed by atoms with Crippen molar-refractivity contribution in [3.05, 3.63) is 70.8 Å². The number of amides is 2. The Labute approximate surface area is 230 Å². The fourth-order valence-electron chi connectivity index (χ4n) is 5.54. The molecule has 2 fully saturated rings. The number of fused-ring (bicyclic) bond motifs is 1. The lowest BCUT2D eigenvalue weighted by molar-refractivity contribution is -0.136. The van der Waals surface area contributed by atoms with Crippen LogP contribution in [0.25, 0.3) is 6.08 Å². The lowest BCUT2D eigenvalue weighted by atomic mass is 9.83. The standard InChI is InChI=1S/C30H35N3O4.ClH/c34-28(33-18-14-31-15-19-33)13-11-22-10-12-25(20-24(22)21-29(35)32-16-3-4-17-32)37-30(36)27-9-5-7-23-6-1-2-8-26(23)27;/h1-2,6,8,10-13,20,27,31H,3-5,7,9,14-19,21H2;1H. The third-order valence-electron chi connectivity index (χ3n) is 7.62. The summed E-state index contributed by atoms with van der Waals surface area (Å²) in [6, 6.07) is 13.5. The van der Waals surface area contributed by atoms with E-state index in [4.69, 9.17) is 4.74 Å². The van der Waals surface area contributed by atoms with Gasteiger partial charge in [0.15, 0.2) is 0 Å². The number of hydrogen-bond acceptors (Lipinski definition) is 5. The molecule has 2 saturated heterocycles. The maximum absolute atomic E-state index is 13.2. The fourth-order valence-corrected chi connectivity index (χ4v) is 5.54. The maximum atomic E-state index is 13.2. The second kappa shape index (κ2) is 13.1. The van der Waals surface area contributed by atoms with Crippen LogP contribution in [0.4, 0.5) is 0 Å². The topological polar surface area (TPSA) is 79.0 Å². The highest BCUT2D eigenvalue weighted by atomic mass is 35.5. The van der Waals surface area contributed by atoms with Gasteiger partial charge in [-0.3, -0.25) is 14.4 Å². The summed E-state index contributed by atoms with van der Waals surface area (Å²) in [6.45, 7) is 4.51. The Balaban J connectivity index is 0.00000336. The molecule has 1 aliphatic carbocycles. The van der Waals surface area contributed by atoms with Crippen molar-refractivity contribution in [3.63, 3.8) is 0 Å². The van der Waals surface area contributed by atoms with Gasteiger partial charge in [-0.2, -0.15) is 0 Å². The van der Waals surface area contributed by atoms with Gasteiger partial charge in [0.2, 0.25) is 11.8 Å². The van der Waals surface area contributed by atoms with Gasteiger partial charge >= 0.3 is 5.97 Å². The van der Waals surface area contributed by atoms with Crippen molar-refractivity contribution >= 4 is 36.3 Å². The smallest absolute Gasteiger partial charge is 0.318 e. The number of piperazine rings is 1. The van der Waals surface area contributed by atoms with E-state index in [1.165, 1.54) is 5.56 Å². The summed E-state index contributed by atoms with van der Waals surface area (Å²) < 4.78 is 5.86. The first kappa shape index (κ1) is 27.9. The van der Waals surface area contributed by atoms with Crippen molar-refractivity contribution in [3.8, 4) is 5.75 Å². The van der Waals surface area contributed by atoms with Gasteiger partial charge in [-0.25, -0.2) is 0 Å². The van der Waals surface area contributed by atoms with E-state index in [0.717, 1.165) is 75.0 Å². The summed E-state index contributed by atoms with van der Waals surface area (Å²) in [5, 5.41) is 3.25. The third kappa shape index (κ3) is 6.63. The molecule has 5 rings (SSSR count). The number of rotatable bonds is 6. The molecule has 0 aromatic heterocycles. The zero-order chi connectivity index (χ0) is 25.6. The number of aryl methyl sites for hydroxylation is 1. The molecule has 0 bridgehead atoms. The molecular formula is C30H36ClN3O4. The van der Waals surface area contributed by atoms with E-state index in [2.05, 4.69) is 11.4 Å². The van der Waals surface area contributed by atoms with E-state index < -0.39 is 0 Å². The second-order valence-corrected chi connectivity index (χ2v) is 10.1. The number of nitrogens with one attached hydrogen (secondary N) is 1. The molecule has 0 radical (unpaired) electrons. The number of likely N-dealkylation sites (tertiary alicyclic amines) is 1. The number of hydrogen-bond donors (Lipinski definition) is 1. The van der Waals surface area contributed by atoms with Crippen LogP contribution < -0.4 is 10.1 Å². The molecular weight excluding hydrogens is 502 g/mol. The minimum absolute atomic E-state index is 0. The Hall–Kier alpha value is -3.16. The molecule has 1 N–H and O–H groups in total. The predicted molar refractivity (Wildman–Crippen MR) is 149 cm³/mol. The minimum Gasteiger partial charge on any atom is -0.426 e. The number of carbonyl (C=O) groups is 3. The van der Waals surface area contributed by atoms with Crippen LogP contribution in [0, 0.1) is 0 Å². The van der Waals surface area contributed by atoms with Crippen LogP contribution in [0.15, 0.2) is 48.5 Å². The molecule has 38 heavy (non-hydrogen) atoms. The summed E-state index contributed by atoms with van der Waals surface area (Å²) in [5.41, 5.74) is 3.81. The zero-order valence-electron chi connectivity index (χ0n) is 21.7. The van der Waals surface area contributed by atoms with Crippen molar-refractivity contribution in [2.75, 3.05) is 39.3 Å². The lowest BCUT2D eigenvalue weighted by Gasteiger charge is -2.26. The average Bonchev–Trinajstić information content (AvgIpc) is 3.48. The molecule has 7 nitrogen and oxygen atoms in total. The van der Waals surface area contributed by atoms with Crippen molar-refractivity contribution in [1.29, 1.82) is 0 Å². The lowest BCUT2D eigenvalue weighted by Crippen LogP contribution is -2.45. The normalized spacial score (nSPS) is 19.1. The predicted octanol–water partition coefficient (Wildman–Crippen LogP) is 3.74. The van der Waals surface area contributed by atoms with Gasteiger partial charge in [-0.15, -0.1) is 12.4 Å². The highest BCUT2D eigenvalue weighted by molar-refractivity contribution is 5.92. The van der Waals surface area contributed by atoms with Gasteiger partial charge in [0.1, 0.15) is 5.75 Å². The van der Waals surface area contributed by atoms with Crippen LogP contribution in [0.3, 0.4) is 0 Å². The molecule has 202 valence electrons. The van der Waals surface area contributed by atoms with Gasteiger partial charge in [0, 0.05) is 45.3 Å². The molecule has 0 spiro atoms. The number of carbonyl (C=O) groups excluding carboxylic acids is 3. The second-order valence-electron chi connectivity index (χ2n) is 10.1. The summed E-state index contributed by atoms with van der Waals surface area (Å²) in [4.78, 5) is 42.5. The molecule has 2 heterocycles. The van der Waals surface area contributed by atoms with Crippen LogP contribution in [-0.2, 0) is 27.2 Å². The number of benzene rings is 2. The highest BCUT2D eigenvalue weighted by Gasteiger charge is 2.28. The number of esters is 1. The molecule has 1 atom stereocenters. The summed E-state index contributed by atoms with van der Waals surface area (Å²) in [6.07, 6.45) is 8.32. The number of nitrogens with zero attached hydrogens (tertiary/aromatic N) is 2. The summed E-state index contributed by atoms with van der Waals surface area (Å²) in [5.74, 6) is -0.0880. The van der Waals surface area contributed by atoms with Crippen LogP contribution >= 0.6 is 12.4 Å². The largest absolute Gasteiger partial charge is 0.426 e. The Morgan fingerprint density at radius 2 is 1.71 bits per heavy atom. The Bertz CT molecular complexity index is 1190. The van der Waals surface area contributed by atoms with Crippen LogP contribution in [0.5, 0.6) is 5.75 Å². The Morgan fingerprint density at radius 1 is 0.947 bits per heavy atom. The van der Waals surface area contributed by atoms with Gasteiger partial charge in [0.25, 0.3) is 0 Å². The van der Waals surface area contributed by atoms with E-state index in [1.807, 2.05) is 34.1 Å². The maximum Gasteiger partial charge on any atom is 0.318 e. The Morgan fingerprint density at radius 3 is 2.50 bits per heavy atom. The highest BCUT2D eigenvalue weighted by Crippen LogP contribution is 2.33. The van der Waals surface area contributed by atoms with Gasteiger partial charge in [-0.05, 0) is 72.6 Å². The number of ether oxygens (including phenoxy) is 1. The molecule has 2 aliphatic heterocycles. The first-order valence-corrected chi connectivity index (χ1v) is 13.5. The molecule has 0 saturated carbocycles. The van der Waals surface area contributed by atoms with E-state index in [0.29, 0.717) is 18.8 Å². The van der Waals surface area contributed by atoms with E-state index in [9.17, 15) is 14.4 Å². The van der Waals surface area contributed by atoms with Crippen LogP contribution in [0.1, 0.15) is 53.9 Å². The van der Waals surface area contributed by atoms with Crippen molar-refractivity contribution in [1.82, 2.24) is 15.1 Å². The van der Waals surface area contributed by atoms with Crippen LogP contribution in [-0.4, -0.2) is 66.9 Å². The molecule has 1 unspecified atom stereocenters. The van der Waals surface area contributed by atoms with Crippen molar-refractivity contribution in [2.24, 2.45) is 0 Å². The van der Waals surface area contributed by atoms with Crippen LogP contribution in [0.2, 0.25) is 0 Å². The molecule has 8 heteroatoms. The summed E-state index contributed by atoms with van der Waals surface area (Å²) >= 11 is 0. The first-order valence-electron chi connectivity index (χ1n) is 13.5. The molecule has 2 aromatic carbocycles. The molecule has 3 aliphatic rings. The SMILES string of the molecule is Cl.O=C(Oc1ccc(C=CC(=O)N2CCNCC2)c(CC(=O)N2CCCC2)c1)C1CCCc2ccccc21. The van der Waals surface area contributed by atoms with Gasteiger partial charge < -0.3 is 19.9 Å². The van der Waals surface area contributed by atoms with E-state index in [1.54, 1.807) is 24.3 Å². The average molecular weight is 538 g/mol. The monoisotopic (exact) mass is 537 g/mol. The van der Waals surface area contributed by atoms with E-state index in [-0.39, 0.29) is 42.5 Å². The van der Waals surface area contributed by atoms with Gasteiger partial charge in [-0.1, -0.05) is 30.3 Å². The van der Waals surface area contributed by atoms with E-state index >= 15 is 0 Å². The zero-order valence-corrected chi connectivity index (χ0v) is 22.5. The molecule has 2 aromatic rings. The summed E-state index contributed by atoms with van der Waals surface area (Å²) in [7, 11) is 0. The minimum atomic E-state index is -0.282. The number of halogens is 1. The third-order valence-corrected chi connectivity index (χ3v) is 7.62. The van der Waals surface area contributed by atoms with Crippen molar-refractivity contribution < 1.29 is 19.1 Å². The van der Waals surface area contributed by atoms with Crippen molar-refractivity contribution in [2.45, 2.75) is 44.4 Å². The fraction of sp³-hybridized carbons (Fsp3) is 0.433. The van der Waals surface area contributed by atoms with Gasteiger partial charge in [0.05, 0.1) is 12.3 Å². The molecule has 2 amide bonds.